The molecule has 6 rings (SSSR count). The summed E-state index contributed by atoms with van der Waals surface area (Å²) in [5.74, 6) is -0.863. The van der Waals surface area contributed by atoms with Gasteiger partial charge in [0.1, 0.15) is 0 Å². The number of allylic oxidation sites excluding steroid dienone is 2. The predicted molar refractivity (Wildman–Crippen MR) is 179 cm³/mol. The second-order valence-corrected chi connectivity index (χ2v) is 13.7. The molecule has 3 aromatic rings. The third-order valence-electron chi connectivity index (χ3n) is 9.00. The summed E-state index contributed by atoms with van der Waals surface area (Å²) in [4.78, 5) is 34.4. The van der Waals surface area contributed by atoms with Gasteiger partial charge in [0.15, 0.2) is 11.5 Å². The van der Waals surface area contributed by atoms with E-state index in [0.29, 0.717) is 41.4 Å². The first-order valence-electron chi connectivity index (χ1n) is 14.9. The molecule has 2 aliphatic heterocycles. The lowest BCUT2D eigenvalue weighted by Crippen LogP contribution is -2.46. The highest BCUT2D eigenvalue weighted by molar-refractivity contribution is 14.1. The lowest BCUT2D eigenvalue weighted by molar-refractivity contribution is -0.140. The molecule has 228 valence electrons. The van der Waals surface area contributed by atoms with Gasteiger partial charge in [-0.1, -0.05) is 24.6 Å². The predicted octanol–water partition coefficient (Wildman–Crippen LogP) is 6.19. The molecule has 2 N–H and O–H groups in total. The molecule has 4 heterocycles. The van der Waals surface area contributed by atoms with Crippen LogP contribution in [0.1, 0.15) is 48.7 Å². The van der Waals surface area contributed by atoms with E-state index in [1.165, 1.54) is 12.0 Å². The van der Waals surface area contributed by atoms with Gasteiger partial charge in [-0.05, 0) is 119 Å². The van der Waals surface area contributed by atoms with Gasteiger partial charge in [-0.2, -0.15) is 0 Å². The van der Waals surface area contributed by atoms with Gasteiger partial charge >= 0.3 is 7.12 Å². The Hall–Kier alpha value is -3.00. The van der Waals surface area contributed by atoms with E-state index in [0.717, 1.165) is 39.3 Å². The number of phenols is 1. The van der Waals surface area contributed by atoms with Crippen LogP contribution in [0.2, 0.25) is 6.32 Å². The molecule has 0 unspecified atom stereocenters. The number of thiophene rings is 1. The Kier molecular flexibility index (Phi) is 9.27. The minimum atomic E-state index is -1.02. The van der Waals surface area contributed by atoms with Crippen LogP contribution in [0, 0.1) is 21.3 Å². The van der Waals surface area contributed by atoms with E-state index in [9.17, 15) is 19.7 Å². The van der Waals surface area contributed by atoms with Crippen LogP contribution in [-0.2, 0) is 20.8 Å². The number of halogens is 1. The van der Waals surface area contributed by atoms with Crippen molar-refractivity contribution in [2.75, 3.05) is 7.11 Å². The van der Waals surface area contributed by atoms with Gasteiger partial charge in [-0.3, -0.25) is 19.5 Å². The molecule has 8 nitrogen and oxygen atoms in total. The molecule has 0 radical (unpaired) electrons. The number of ether oxygens (including phenoxy) is 1. The quantitative estimate of drug-likeness (QED) is 0.117. The van der Waals surface area contributed by atoms with Crippen molar-refractivity contribution in [3.05, 3.63) is 84.9 Å². The normalized spacial score (nSPS) is 23.7. The number of nitrogens with zero attached hydrogens (tertiary/aromatic N) is 2. The third kappa shape index (κ3) is 5.99. The average Bonchev–Trinajstić information content (AvgIpc) is 3.63. The summed E-state index contributed by atoms with van der Waals surface area (Å²) in [5.41, 5.74) is 4.89. The van der Waals surface area contributed by atoms with Crippen LogP contribution in [0.15, 0.2) is 65.2 Å². The number of hydrogen-bond acceptors (Lipinski definition) is 8. The van der Waals surface area contributed by atoms with Crippen LogP contribution in [0.25, 0.3) is 11.6 Å². The first-order chi connectivity index (χ1) is 21.3. The van der Waals surface area contributed by atoms with Gasteiger partial charge in [0.2, 0.25) is 11.8 Å². The Morgan fingerprint density at radius 1 is 1.23 bits per heavy atom. The number of imide groups is 1. The van der Waals surface area contributed by atoms with Crippen LogP contribution >= 0.6 is 33.9 Å². The number of phenolic OH excluding ortho intramolecular Hbond substituents is 1. The number of hydrogen-bond donors (Lipinski definition) is 2. The van der Waals surface area contributed by atoms with Gasteiger partial charge < -0.3 is 19.5 Å². The molecule has 11 heteroatoms. The number of fused-ring (bicyclic) bond motifs is 3. The van der Waals surface area contributed by atoms with Crippen molar-refractivity contribution in [1.29, 1.82) is 0 Å². The number of likely N-dealkylation sites (tertiary alicyclic amines) is 1. The molecule has 1 aromatic carbocycles. The Labute approximate surface area is 275 Å². The number of methoxy groups -OCH3 is 1. The van der Waals surface area contributed by atoms with E-state index < -0.39 is 25.1 Å². The molecule has 4 atom stereocenters. The zero-order valence-corrected chi connectivity index (χ0v) is 27.6. The van der Waals surface area contributed by atoms with Crippen molar-refractivity contribution < 1.29 is 29.1 Å². The molecular weight excluding hydrogens is 690 g/mol. The van der Waals surface area contributed by atoms with Gasteiger partial charge in [0.25, 0.3) is 0 Å². The van der Waals surface area contributed by atoms with E-state index in [2.05, 4.69) is 34.5 Å². The molecule has 2 amide bonds. The third-order valence-corrected chi connectivity index (χ3v) is 10.7. The SMILES string of the molecule is CCC1=C2[C@@H](CC/C(=C/c3cc(I)c(O)c(OC)c3)c3ccccn3)OB(O)C[C@@H]2[C@@H]2C(=O)N(Cc3cccs3)C(=O)[C@@H]2C1. The summed E-state index contributed by atoms with van der Waals surface area (Å²) in [7, 11) is 0.503. The van der Waals surface area contributed by atoms with Crippen LogP contribution in [-0.4, -0.2) is 52.2 Å². The number of carbonyl (C=O) groups excluding carboxylic acids is 2. The summed E-state index contributed by atoms with van der Waals surface area (Å²) in [6.07, 6.45) is 6.16. The molecule has 2 aromatic heterocycles. The number of carbonyl (C=O) groups is 2. The summed E-state index contributed by atoms with van der Waals surface area (Å²) >= 11 is 3.63. The Balaban J connectivity index is 1.30. The topological polar surface area (TPSA) is 109 Å². The second-order valence-electron chi connectivity index (χ2n) is 11.5. The van der Waals surface area contributed by atoms with E-state index in [1.807, 2.05) is 47.9 Å². The fourth-order valence-electron chi connectivity index (χ4n) is 7.03. The maximum absolute atomic E-state index is 13.8. The van der Waals surface area contributed by atoms with E-state index >= 15 is 0 Å². The smallest absolute Gasteiger partial charge is 0.455 e. The lowest BCUT2D eigenvalue weighted by Gasteiger charge is -2.43. The summed E-state index contributed by atoms with van der Waals surface area (Å²) < 4.78 is 12.3. The van der Waals surface area contributed by atoms with E-state index in [1.54, 1.807) is 23.6 Å². The second kappa shape index (κ2) is 13.2. The van der Waals surface area contributed by atoms with Crippen LogP contribution in [0.4, 0.5) is 0 Å². The molecule has 2 fully saturated rings. The number of aromatic hydroxyl groups is 1. The average molecular weight is 724 g/mol. The summed E-state index contributed by atoms with van der Waals surface area (Å²) in [5, 5.41) is 23.2. The van der Waals surface area contributed by atoms with Crippen molar-refractivity contribution in [2.45, 2.75) is 51.6 Å². The zero-order chi connectivity index (χ0) is 31.0. The summed E-state index contributed by atoms with van der Waals surface area (Å²) in [6, 6.07) is 13.3. The standard InChI is InChI=1S/C33H34BIN2O6S/c1-3-20-16-23-30(33(40)37(32(23)39)18-22-7-6-12-44-22)24-17-34(41)43-27(29(20)24)10-9-21(26-8-4-5-11-36-26)13-19-14-25(35)31(38)28(15-19)42-2/h4-8,11-15,23-24,27,30,38,41H,3,9-10,16-18H2,1-2H3/b21-13-/t23-,24+,27-,30-/m1/s1. The van der Waals surface area contributed by atoms with Gasteiger partial charge in [0.05, 0.1) is 40.9 Å². The minimum absolute atomic E-state index is 0.101. The highest BCUT2D eigenvalue weighted by atomic mass is 127. The van der Waals surface area contributed by atoms with Gasteiger partial charge in [-0.25, -0.2) is 0 Å². The van der Waals surface area contributed by atoms with Crippen LogP contribution in [0.5, 0.6) is 11.5 Å². The van der Waals surface area contributed by atoms with Crippen molar-refractivity contribution in [3.8, 4) is 11.5 Å². The van der Waals surface area contributed by atoms with E-state index in [4.69, 9.17) is 9.39 Å². The Bertz CT molecular complexity index is 1610. The lowest BCUT2D eigenvalue weighted by atomic mass is 9.58. The maximum atomic E-state index is 13.8. The highest BCUT2D eigenvalue weighted by Gasteiger charge is 2.57. The van der Waals surface area contributed by atoms with Crippen molar-refractivity contribution >= 4 is 64.5 Å². The Morgan fingerprint density at radius 3 is 2.77 bits per heavy atom. The number of aromatic nitrogens is 1. The highest BCUT2D eigenvalue weighted by Crippen LogP contribution is 2.51. The van der Waals surface area contributed by atoms with Crippen LogP contribution < -0.4 is 4.74 Å². The largest absolute Gasteiger partial charge is 0.504 e. The number of benzene rings is 1. The number of rotatable bonds is 9. The molecule has 1 aliphatic carbocycles. The van der Waals surface area contributed by atoms with Gasteiger partial charge in [0, 0.05) is 11.1 Å². The molecule has 44 heavy (non-hydrogen) atoms. The zero-order valence-electron chi connectivity index (χ0n) is 24.6. The Morgan fingerprint density at radius 2 is 2.07 bits per heavy atom. The van der Waals surface area contributed by atoms with E-state index in [-0.39, 0.29) is 23.5 Å². The maximum Gasteiger partial charge on any atom is 0.455 e. The molecule has 0 spiro atoms. The first-order valence-corrected chi connectivity index (χ1v) is 16.9. The number of amides is 2. The molecular formula is C33H34BIN2O6S. The molecule has 2 saturated heterocycles. The monoisotopic (exact) mass is 724 g/mol. The first kappa shape index (κ1) is 31.0. The molecule has 3 aliphatic rings. The summed E-state index contributed by atoms with van der Waals surface area (Å²) in [6.45, 7) is 2.39. The van der Waals surface area contributed by atoms with Crippen molar-refractivity contribution in [1.82, 2.24) is 9.88 Å². The fraction of sp³-hybridized carbons (Fsp3) is 0.364. The molecule has 0 saturated carbocycles. The minimum Gasteiger partial charge on any atom is -0.504 e. The molecule has 0 bridgehead atoms. The van der Waals surface area contributed by atoms with Crippen molar-refractivity contribution in [3.63, 3.8) is 0 Å². The van der Waals surface area contributed by atoms with Crippen LogP contribution in [0.3, 0.4) is 0 Å². The fourth-order valence-corrected chi connectivity index (χ4v) is 8.35. The number of pyridine rings is 1. The van der Waals surface area contributed by atoms with Gasteiger partial charge in [-0.15, -0.1) is 11.3 Å². The van der Waals surface area contributed by atoms with Crippen molar-refractivity contribution in [2.24, 2.45) is 17.8 Å².